The topological polar surface area (TPSA) is 71.3 Å². The average Bonchev–Trinajstić information content (AvgIpc) is 2.56. The molecule has 0 saturated carbocycles. The van der Waals surface area contributed by atoms with Crippen LogP contribution in [-0.4, -0.2) is 85.7 Å². The Balaban J connectivity index is 2.15. The smallest absolute Gasteiger partial charge is 0.317 e. The number of nitrogens with zero attached hydrogens (tertiary/aromatic N) is 3. The lowest BCUT2D eigenvalue weighted by Crippen LogP contribution is -2.63. The van der Waals surface area contributed by atoms with Crippen molar-refractivity contribution in [1.29, 1.82) is 0 Å². The van der Waals surface area contributed by atoms with Crippen molar-refractivity contribution in [1.82, 2.24) is 14.7 Å². The van der Waals surface area contributed by atoms with Gasteiger partial charge in [0.15, 0.2) is 0 Å². The number of hydrogen-bond donors (Lipinski definition) is 1. The molecule has 0 radical (unpaired) electrons. The second-order valence-electron chi connectivity index (χ2n) is 5.82. The van der Waals surface area contributed by atoms with Gasteiger partial charge in [0.2, 0.25) is 0 Å². The van der Waals surface area contributed by atoms with E-state index in [1.54, 1.807) is 0 Å². The second-order valence-corrected chi connectivity index (χ2v) is 5.82. The number of hydrogen-bond acceptors (Lipinski definition) is 5. The van der Waals surface area contributed by atoms with Gasteiger partial charge in [-0.25, -0.2) is 4.79 Å². The van der Waals surface area contributed by atoms with Gasteiger partial charge in [-0.2, -0.15) is 0 Å². The standard InChI is InChI=1S/C15H30N4O3/c1-3-13(17-5-9-21-10-6-17)19(15(16)20)14(4-2)18-7-11-22-12-8-18/h13-14H,3-12H2,1-2H3,(H2,16,20). The molecule has 7 nitrogen and oxygen atoms in total. The molecular weight excluding hydrogens is 284 g/mol. The molecule has 2 N–H and O–H groups in total. The van der Waals surface area contributed by atoms with Gasteiger partial charge in [-0.15, -0.1) is 0 Å². The first-order valence-corrected chi connectivity index (χ1v) is 8.40. The minimum Gasteiger partial charge on any atom is -0.379 e. The highest BCUT2D eigenvalue weighted by molar-refractivity contribution is 5.72. The van der Waals surface area contributed by atoms with Crippen LogP contribution < -0.4 is 5.73 Å². The van der Waals surface area contributed by atoms with Gasteiger partial charge in [0.1, 0.15) is 0 Å². The fraction of sp³-hybridized carbons (Fsp3) is 0.933. The summed E-state index contributed by atoms with van der Waals surface area (Å²) in [5.41, 5.74) is 5.77. The number of amides is 2. The molecule has 128 valence electrons. The first-order valence-electron chi connectivity index (χ1n) is 8.40. The van der Waals surface area contributed by atoms with E-state index in [1.807, 2.05) is 4.90 Å². The lowest BCUT2D eigenvalue weighted by molar-refractivity contribution is -0.0772. The Bertz CT molecular complexity index is 318. The lowest BCUT2D eigenvalue weighted by atomic mass is 10.2. The quantitative estimate of drug-likeness (QED) is 0.773. The van der Waals surface area contributed by atoms with Crippen molar-refractivity contribution >= 4 is 6.03 Å². The van der Waals surface area contributed by atoms with E-state index < -0.39 is 0 Å². The van der Waals surface area contributed by atoms with Gasteiger partial charge < -0.3 is 15.2 Å². The van der Waals surface area contributed by atoms with Crippen LogP contribution in [-0.2, 0) is 9.47 Å². The predicted octanol–water partition coefficient (Wildman–Crippen LogP) is 0.504. The van der Waals surface area contributed by atoms with E-state index in [2.05, 4.69) is 23.6 Å². The van der Waals surface area contributed by atoms with Crippen LogP contribution in [0.25, 0.3) is 0 Å². The van der Waals surface area contributed by atoms with Crippen molar-refractivity contribution in [2.24, 2.45) is 5.73 Å². The molecule has 2 saturated heterocycles. The Labute approximate surface area is 133 Å². The molecule has 2 rings (SSSR count). The van der Waals surface area contributed by atoms with Gasteiger partial charge in [-0.1, -0.05) is 13.8 Å². The Hall–Kier alpha value is -0.890. The summed E-state index contributed by atoms with van der Waals surface area (Å²) in [7, 11) is 0. The molecule has 0 spiro atoms. The molecular formula is C15H30N4O3. The summed E-state index contributed by atoms with van der Waals surface area (Å²) in [6, 6.07) is -0.336. The van der Waals surface area contributed by atoms with Crippen molar-refractivity contribution < 1.29 is 14.3 Å². The van der Waals surface area contributed by atoms with Crippen LogP contribution in [0.5, 0.6) is 0 Å². The Kier molecular flexibility index (Phi) is 6.88. The predicted molar refractivity (Wildman–Crippen MR) is 84.4 cm³/mol. The summed E-state index contributed by atoms with van der Waals surface area (Å²) in [5, 5.41) is 0. The van der Waals surface area contributed by atoms with Crippen molar-refractivity contribution in [3.63, 3.8) is 0 Å². The first kappa shape index (κ1) is 17.5. The molecule has 0 aliphatic carbocycles. The molecule has 2 fully saturated rings. The van der Waals surface area contributed by atoms with Gasteiger partial charge in [-0.05, 0) is 12.8 Å². The molecule has 2 aliphatic heterocycles. The molecule has 2 amide bonds. The van der Waals surface area contributed by atoms with E-state index in [0.29, 0.717) is 0 Å². The van der Waals surface area contributed by atoms with Crippen molar-refractivity contribution in [3.8, 4) is 0 Å². The SMILES string of the molecule is CCC(N1CCOCC1)N(C(N)=O)C(CC)N1CCOCC1. The summed E-state index contributed by atoms with van der Waals surface area (Å²) >= 11 is 0. The fourth-order valence-corrected chi connectivity index (χ4v) is 3.51. The van der Waals surface area contributed by atoms with Crippen LogP contribution in [0.15, 0.2) is 0 Å². The molecule has 0 aromatic heterocycles. The highest BCUT2D eigenvalue weighted by Gasteiger charge is 2.35. The number of rotatable bonds is 6. The van der Waals surface area contributed by atoms with Gasteiger partial charge >= 0.3 is 6.03 Å². The normalized spacial score (nSPS) is 23.9. The molecule has 0 aromatic carbocycles. The molecule has 0 bridgehead atoms. The largest absolute Gasteiger partial charge is 0.379 e. The zero-order valence-electron chi connectivity index (χ0n) is 13.9. The summed E-state index contributed by atoms with van der Waals surface area (Å²) in [6.07, 6.45) is 1.80. The van der Waals surface area contributed by atoms with Crippen molar-refractivity contribution in [2.75, 3.05) is 52.6 Å². The molecule has 0 aromatic rings. The van der Waals surface area contributed by atoms with Crippen molar-refractivity contribution in [2.45, 2.75) is 39.0 Å². The number of ether oxygens (including phenoxy) is 2. The number of morpholine rings is 2. The number of urea groups is 1. The van der Waals surface area contributed by atoms with Crippen LogP contribution >= 0.6 is 0 Å². The van der Waals surface area contributed by atoms with Gasteiger partial charge in [0.25, 0.3) is 0 Å². The summed E-state index contributed by atoms with van der Waals surface area (Å²) in [6.45, 7) is 10.5. The lowest BCUT2D eigenvalue weighted by Gasteiger charge is -2.47. The molecule has 2 aliphatic rings. The third-order valence-electron chi connectivity index (χ3n) is 4.56. The first-order chi connectivity index (χ1) is 10.7. The number of carbonyl (C=O) groups is 1. The fourth-order valence-electron chi connectivity index (χ4n) is 3.51. The minimum absolute atomic E-state index is 0.0363. The van der Waals surface area contributed by atoms with Crippen LogP contribution in [0.3, 0.4) is 0 Å². The Morgan fingerprint density at radius 3 is 1.59 bits per heavy atom. The molecule has 2 unspecified atom stereocenters. The zero-order valence-corrected chi connectivity index (χ0v) is 13.9. The summed E-state index contributed by atoms with van der Waals surface area (Å²) in [4.78, 5) is 18.7. The Morgan fingerprint density at radius 2 is 1.32 bits per heavy atom. The monoisotopic (exact) mass is 314 g/mol. The number of carbonyl (C=O) groups excluding carboxylic acids is 1. The summed E-state index contributed by atoms with van der Waals surface area (Å²) < 4.78 is 10.9. The molecule has 2 heterocycles. The van der Waals surface area contributed by atoms with E-state index in [9.17, 15) is 4.79 Å². The van der Waals surface area contributed by atoms with Crippen molar-refractivity contribution in [3.05, 3.63) is 0 Å². The van der Waals surface area contributed by atoms with Crippen LogP contribution in [0.1, 0.15) is 26.7 Å². The number of primary amides is 1. The zero-order chi connectivity index (χ0) is 15.9. The minimum atomic E-state index is -0.336. The molecule has 2 atom stereocenters. The van der Waals surface area contributed by atoms with Crippen LogP contribution in [0, 0.1) is 0 Å². The van der Waals surface area contributed by atoms with Gasteiger partial charge in [0, 0.05) is 26.2 Å². The van der Waals surface area contributed by atoms with Gasteiger partial charge in [-0.3, -0.25) is 14.7 Å². The maximum absolute atomic E-state index is 12.2. The van der Waals surface area contributed by atoms with E-state index in [0.717, 1.165) is 65.4 Å². The average molecular weight is 314 g/mol. The Morgan fingerprint density at radius 1 is 0.955 bits per heavy atom. The van der Waals surface area contributed by atoms with E-state index >= 15 is 0 Å². The molecule has 22 heavy (non-hydrogen) atoms. The van der Waals surface area contributed by atoms with E-state index in [-0.39, 0.29) is 18.4 Å². The maximum Gasteiger partial charge on any atom is 0.317 e. The second kappa shape index (κ2) is 8.67. The van der Waals surface area contributed by atoms with E-state index in [1.165, 1.54) is 0 Å². The number of nitrogens with two attached hydrogens (primary N) is 1. The van der Waals surface area contributed by atoms with Gasteiger partial charge in [0.05, 0.1) is 38.8 Å². The van der Waals surface area contributed by atoms with Crippen LogP contribution in [0.4, 0.5) is 4.79 Å². The summed E-state index contributed by atoms with van der Waals surface area (Å²) in [5.74, 6) is 0. The molecule has 7 heteroatoms. The highest BCUT2D eigenvalue weighted by atomic mass is 16.5. The van der Waals surface area contributed by atoms with Crippen LogP contribution in [0.2, 0.25) is 0 Å². The third kappa shape index (κ3) is 4.10. The maximum atomic E-state index is 12.2. The highest BCUT2D eigenvalue weighted by Crippen LogP contribution is 2.20. The van der Waals surface area contributed by atoms with E-state index in [4.69, 9.17) is 15.2 Å². The third-order valence-corrected chi connectivity index (χ3v) is 4.56.